The van der Waals surface area contributed by atoms with Crippen molar-refractivity contribution in [2.45, 2.75) is 25.9 Å². The van der Waals surface area contributed by atoms with Gasteiger partial charge in [-0.15, -0.1) is 11.3 Å². The molecule has 3 heteroatoms. The molecule has 0 aromatic carbocycles. The Morgan fingerprint density at radius 2 is 2.42 bits per heavy atom. The van der Waals surface area contributed by atoms with Gasteiger partial charge in [-0.2, -0.15) is 0 Å². The Bertz CT molecular complexity index is 303. The van der Waals surface area contributed by atoms with Crippen molar-refractivity contribution < 1.29 is 9.53 Å². The minimum atomic E-state index is -0.0638. The van der Waals surface area contributed by atoms with E-state index in [1.807, 2.05) is 6.07 Å². The minimum absolute atomic E-state index is 0.0381. The minimum Gasteiger partial charge on any atom is -0.457 e. The lowest BCUT2D eigenvalue weighted by Gasteiger charge is -2.04. The second kappa shape index (κ2) is 2.90. The molecule has 1 unspecified atom stereocenters. The molecule has 12 heavy (non-hydrogen) atoms. The average Bonchev–Trinajstić information content (AvgIpc) is 2.58. The third-order valence-corrected chi connectivity index (χ3v) is 3.06. The summed E-state index contributed by atoms with van der Waals surface area (Å²) in [5.41, 5.74) is 0. The summed E-state index contributed by atoms with van der Waals surface area (Å²) in [6.45, 7) is 2.06. The molecule has 0 saturated carbocycles. The average molecular weight is 182 g/mol. The molecule has 0 bridgehead atoms. The van der Waals surface area contributed by atoms with Crippen LogP contribution in [0, 0.1) is 6.92 Å². The van der Waals surface area contributed by atoms with E-state index in [1.54, 1.807) is 11.3 Å². The quantitative estimate of drug-likeness (QED) is 0.623. The SMILES string of the molecule is Cc1ccc(C2CCC(=O)O2)s1. The predicted octanol–water partition coefficient (Wildman–Crippen LogP) is 2.43. The summed E-state index contributed by atoms with van der Waals surface area (Å²) in [6, 6.07) is 4.11. The number of rotatable bonds is 1. The van der Waals surface area contributed by atoms with E-state index in [4.69, 9.17) is 4.74 Å². The molecule has 1 atom stereocenters. The van der Waals surface area contributed by atoms with Gasteiger partial charge in [-0.3, -0.25) is 4.79 Å². The van der Waals surface area contributed by atoms with E-state index in [2.05, 4.69) is 13.0 Å². The topological polar surface area (TPSA) is 26.3 Å². The highest BCUT2D eigenvalue weighted by Gasteiger charge is 2.25. The molecule has 0 aliphatic carbocycles. The third kappa shape index (κ3) is 1.37. The van der Waals surface area contributed by atoms with Crippen LogP contribution in [0.2, 0.25) is 0 Å². The summed E-state index contributed by atoms with van der Waals surface area (Å²) in [5.74, 6) is -0.0638. The van der Waals surface area contributed by atoms with Gasteiger partial charge < -0.3 is 4.74 Å². The molecular weight excluding hydrogens is 172 g/mol. The summed E-state index contributed by atoms with van der Waals surface area (Å²) in [6.07, 6.45) is 1.46. The molecule has 1 saturated heterocycles. The largest absolute Gasteiger partial charge is 0.457 e. The summed E-state index contributed by atoms with van der Waals surface area (Å²) < 4.78 is 5.13. The zero-order valence-corrected chi connectivity index (χ0v) is 7.69. The Labute approximate surface area is 75.2 Å². The van der Waals surface area contributed by atoms with Crippen molar-refractivity contribution in [3.05, 3.63) is 21.9 Å². The number of hydrogen-bond donors (Lipinski definition) is 0. The van der Waals surface area contributed by atoms with Crippen molar-refractivity contribution in [3.8, 4) is 0 Å². The van der Waals surface area contributed by atoms with Gasteiger partial charge in [0.15, 0.2) is 0 Å². The number of cyclic esters (lactones) is 1. The van der Waals surface area contributed by atoms with Crippen LogP contribution >= 0.6 is 11.3 Å². The number of esters is 1. The number of ether oxygens (including phenoxy) is 1. The Hall–Kier alpha value is -0.830. The van der Waals surface area contributed by atoms with Crippen LogP contribution in [0.5, 0.6) is 0 Å². The molecule has 1 fully saturated rings. The number of hydrogen-bond acceptors (Lipinski definition) is 3. The molecule has 2 rings (SSSR count). The first-order valence-corrected chi connectivity index (χ1v) is 4.83. The van der Waals surface area contributed by atoms with Gasteiger partial charge >= 0.3 is 5.97 Å². The fourth-order valence-corrected chi connectivity index (χ4v) is 2.29. The van der Waals surface area contributed by atoms with E-state index in [1.165, 1.54) is 9.75 Å². The molecular formula is C9H10O2S. The van der Waals surface area contributed by atoms with Crippen molar-refractivity contribution in [1.82, 2.24) is 0 Å². The first kappa shape index (κ1) is 7.80. The Morgan fingerprint density at radius 1 is 1.58 bits per heavy atom. The van der Waals surface area contributed by atoms with Gasteiger partial charge in [0, 0.05) is 16.2 Å². The lowest BCUT2D eigenvalue weighted by atomic mass is 10.2. The molecule has 2 nitrogen and oxygen atoms in total. The van der Waals surface area contributed by atoms with Gasteiger partial charge in [-0.25, -0.2) is 0 Å². The zero-order chi connectivity index (χ0) is 8.55. The normalized spacial score (nSPS) is 22.8. The highest BCUT2D eigenvalue weighted by molar-refractivity contribution is 7.12. The van der Waals surface area contributed by atoms with E-state index >= 15 is 0 Å². The highest BCUT2D eigenvalue weighted by Crippen LogP contribution is 2.33. The lowest BCUT2D eigenvalue weighted by molar-refractivity contribution is -0.141. The lowest BCUT2D eigenvalue weighted by Crippen LogP contribution is -1.95. The first-order valence-electron chi connectivity index (χ1n) is 4.01. The maximum Gasteiger partial charge on any atom is 0.306 e. The Balaban J connectivity index is 2.15. The van der Waals surface area contributed by atoms with E-state index in [-0.39, 0.29) is 12.1 Å². The summed E-state index contributed by atoms with van der Waals surface area (Å²) in [5, 5.41) is 0. The third-order valence-electron chi connectivity index (χ3n) is 1.96. The van der Waals surface area contributed by atoms with Crippen LogP contribution in [-0.2, 0) is 9.53 Å². The summed E-state index contributed by atoms with van der Waals surface area (Å²) in [7, 11) is 0. The molecule has 1 aromatic heterocycles. The molecule has 0 amide bonds. The molecule has 0 N–H and O–H groups in total. The predicted molar refractivity (Wildman–Crippen MR) is 47.1 cm³/mol. The smallest absolute Gasteiger partial charge is 0.306 e. The van der Waals surface area contributed by atoms with Crippen LogP contribution in [-0.4, -0.2) is 5.97 Å². The monoisotopic (exact) mass is 182 g/mol. The van der Waals surface area contributed by atoms with E-state index in [9.17, 15) is 4.79 Å². The Morgan fingerprint density at radius 3 is 2.92 bits per heavy atom. The van der Waals surface area contributed by atoms with Crippen LogP contribution in [0.15, 0.2) is 12.1 Å². The molecule has 1 aliphatic rings. The van der Waals surface area contributed by atoms with E-state index in [0.29, 0.717) is 6.42 Å². The van der Waals surface area contributed by atoms with Crippen molar-refractivity contribution >= 4 is 17.3 Å². The molecule has 1 aliphatic heterocycles. The molecule has 0 radical (unpaired) electrons. The number of carbonyl (C=O) groups excluding carboxylic acids is 1. The molecule has 0 spiro atoms. The van der Waals surface area contributed by atoms with Crippen molar-refractivity contribution in [2.75, 3.05) is 0 Å². The fourth-order valence-electron chi connectivity index (χ4n) is 1.35. The van der Waals surface area contributed by atoms with Crippen LogP contribution in [0.25, 0.3) is 0 Å². The van der Waals surface area contributed by atoms with Gasteiger partial charge in [0.1, 0.15) is 6.10 Å². The van der Waals surface area contributed by atoms with E-state index < -0.39 is 0 Å². The Kier molecular flexibility index (Phi) is 1.89. The van der Waals surface area contributed by atoms with Crippen LogP contribution in [0.4, 0.5) is 0 Å². The fraction of sp³-hybridized carbons (Fsp3) is 0.444. The molecule has 2 heterocycles. The zero-order valence-electron chi connectivity index (χ0n) is 6.87. The van der Waals surface area contributed by atoms with Crippen LogP contribution in [0.1, 0.15) is 28.7 Å². The number of thiophene rings is 1. The highest BCUT2D eigenvalue weighted by atomic mass is 32.1. The van der Waals surface area contributed by atoms with Gasteiger partial charge in [0.2, 0.25) is 0 Å². The van der Waals surface area contributed by atoms with Gasteiger partial charge in [-0.1, -0.05) is 0 Å². The number of carbonyl (C=O) groups is 1. The second-order valence-electron chi connectivity index (χ2n) is 2.97. The van der Waals surface area contributed by atoms with Crippen molar-refractivity contribution in [2.24, 2.45) is 0 Å². The second-order valence-corrected chi connectivity index (χ2v) is 4.29. The molecule has 64 valence electrons. The number of aryl methyl sites for hydroxylation is 1. The summed E-state index contributed by atoms with van der Waals surface area (Å²) in [4.78, 5) is 13.3. The standard InChI is InChI=1S/C9H10O2S/c1-6-2-4-8(12-6)7-3-5-9(10)11-7/h2,4,7H,3,5H2,1H3. The van der Waals surface area contributed by atoms with Gasteiger partial charge in [0.05, 0.1) is 0 Å². The maximum atomic E-state index is 10.8. The van der Waals surface area contributed by atoms with Gasteiger partial charge in [-0.05, 0) is 25.5 Å². The molecule has 1 aromatic rings. The van der Waals surface area contributed by atoms with Crippen LogP contribution < -0.4 is 0 Å². The maximum absolute atomic E-state index is 10.8. The van der Waals surface area contributed by atoms with E-state index in [0.717, 1.165) is 6.42 Å². The summed E-state index contributed by atoms with van der Waals surface area (Å²) >= 11 is 1.71. The van der Waals surface area contributed by atoms with Gasteiger partial charge in [0.25, 0.3) is 0 Å². The first-order chi connectivity index (χ1) is 5.75. The van der Waals surface area contributed by atoms with Crippen molar-refractivity contribution in [3.63, 3.8) is 0 Å². The van der Waals surface area contributed by atoms with Crippen molar-refractivity contribution in [1.29, 1.82) is 0 Å². The van der Waals surface area contributed by atoms with Crippen LogP contribution in [0.3, 0.4) is 0 Å².